The van der Waals surface area contributed by atoms with Crippen LogP contribution in [0.15, 0.2) is 18.2 Å². The molecule has 142 valence electrons. The van der Waals surface area contributed by atoms with Crippen LogP contribution in [-0.4, -0.2) is 29.1 Å². The minimum absolute atomic E-state index is 0.242. The Bertz CT molecular complexity index is 560. The largest absolute Gasteiger partial charge is 0.335 e. The number of amides is 4. The van der Waals surface area contributed by atoms with Gasteiger partial charge in [0.25, 0.3) is 0 Å². The van der Waals surface area contributed by atoms with Crippen LogP contribution in [0.5, 0.6) is 0 Å². The van der Waals surface area contributed by atoms with E-state index in [9.17, 15) is 9.59 Å². The van der Waals surface area contributed by atoms with Crippen LogP contribution in [0.1, 0.15) is 64.2 Å². The normalized spacial score (nSPS) is 18.8. The van der Waals surface area contributed by atoms with Gasteiger partial charge in [-0.25, -0.2) is 14.6 Å². The first-order chi connectivity index (χ1) is 12.7. The highest BCUT2D eigenvalue weighted by atomic mass is 16.2. The van der Waals surface area contributed by atoms with Crippen LogP contribution in [0.25, 0.3) is 0 Å². The summed E-state index contributed by atoms with van der Waals surface area (Å²) in [6.07, 6.45) is 11.3. The molecule has 2 saturated carbocycles. The van der Waals surface area contributed by atoms with Crippen LogP contribution in [0.2, 0.25) is 0 Å². The quantitative estimate of drug-likeness (QED) is 0.654. The summed E-state index contributed by atoms with van der Waals surface area (Å²) in [5.41, 5.74) is 0. The summed E-state index contributed by atoms with van der Waals surface area (Å²) >= 11 is 0. The number of nitrogens with one attached hydrogen (secondary N) is 4. The predicted octanol–water partition coefficient (Wildman–Crippen LogP) is 3.99. The maximum Gasteiger partial charge on any atom is 0.320 e. The third-order valence-electron chi connectivity index (χ3n) is 5.11. The van der Waals surface area contributed by atoms with Gasteiger partial charge in [0, 0.05) is 12.1 Å². The monoisotopic (exact) mass is 359 g/mol. The molecule has 1 heterocycles. The number of pyridine rings is 1. The molecule has 2 aliphatic carbocycles. The highest BCUT2D eigenvalue weighted by Gasteiger charge is 2.17. The molecule has 0 radical (unpaired) electrons. The molecule has 2 aliphatic rings. The van der Waals surface area contributed by atoms with Gasteiger partial charge in [-0.15, -0.1) is 0 Å². The van der Waals surface area contributed by atoms with Gasteiger partial charge < -0.3 is 10.6 Å². The lowest BCUT2D eigenvalue weighted by Crippen LogP contribution is -2.39. The van der Waals surface area contributed by atoms with Crippen molar-refractivity contribution in [3.63, 3.8) is 0 Å². The zero-order valence-corrected chi connectivity index (χ0v) is 15.2. The van der Waals surface area contributed by atoms with E-state index in [0.717, 1.165) is 25.7 Å². The first-order valence-electron chi connectivity index (χ1n) is 9.81. The SMILES string of the molecule is O=C(Nc1cccc(NC(=O)NC2CCCCC2)n1)NC1CCCCC1. The maximum atomic E-state index is 12.1. The van der Waals surface area contributed by atoms with Gasteiger partial charge in [0.05, 0.1) is 0 Å². The Labute approximate surface area is 154 Å². The number of hydrogen-bond donors (Lipinski definition) is 4. The number of carbonyl (C=O) groups excluding carboxylic acids is 2. The lowest BCUT2D eigenvalue weighted by atomic mass is 9.96. The van der Waals surface area contributed by atoms with Crippen LogP contribution >= 0.6 is 0 Å². The second-order valence-electron chi connectivity index (χ2n) is 7.27. The minimum atomic E-state index is -0.242. The number of urea groups is 2. The van der Waals surface area contributed by atoms with Gasteiger partial charge in [0.2, 0.25) is 0 Å². The van der Waals surface area contributed by atoms with Crippen molar-refractivity contribution in [2.75, 3.05) is 10.6 Å². The molecule has 1 aromatic rings. The van der Waals surface area contributed by atoms with Crippen molar-refractivity contribution in [1.29, 1.82) is 0 Å². The van der Waals surface area contributed by atoms with Gasteiger partial charge in [-0.3, -0.25) is 10.6 Å². The van der Waals surface area contributed by atoms with Crippen LogP contribution in [-0.2, 0) is 0 Å². The lowest BCUT2D eigenvalue weighted by molar-refractivity contribution is 0.243. The minimum Gasteiger partial charge on any atom is -0.335 e. The summed E-state index contributed by atoms with van der Waals surface area (Å²) in [5, 5.41) is 11.5. The first kappa shape index (κ1) is 18.5. The molecule has 0 saturated heterocycles. The molecule has 1 aromatic heterocycles. The molecule has 0 unspecified atom stereocenters. The maximum absolute atomic E-state index is 12.1. The zero-order chi connectivity index (χ0) is 18.2. The van der Waals surface area contributed by atoms with Gasteiger partial charge in [-0.2, -0.15) is 0 Å². The van der Waals surface area contributed by atoms with Gasteiger partial charge in [0.15, 0.2) is 0 Å². The highest BCUT2D eigenvalue weighted by Crippen LogP contribution is 2.18. The molecule has 4 N–H and O–H groups in total. The van der Waals surface area contributed by atoms with Crippen molar-refractivity contribution in [3.05, 3.63) is 18.2 Å². The highest BCUT2D eigenvalue weighted by molar-refractivity contribution is 5.90. The average Bonchev–Trinajstić information content (AvgIpc) is 2.63. The van der Waals surface area contributed by atoms with Gasteiger partial charge in [-0.05, 0) is 37.8 Å². The molecule has 2 fully saturated rings. The Morgan fingerprint density at radius 1 is 0.731 bits per heavy atom. The van der Waals surface area contributed by atoms with Crippen molar-refractivity contribution < 1.29 is 9.59 Å². The molecular weight excluding hydrogens is 330 g/mol. The predicted molar refractivity (Wildman–Crippen MR) is 102 cm³/mol. The lowest BCUT2D eigenvalue weighted by Gasteiger charge is -2.23. The van der Waals surface area contributed by atoms with Crippen molar-refractivity contribution >= 4 is 23.7 Å². The smallest absolute Gasteiger partial charge is 0.320 e. The van der Waals surface area contributed by atoms with Crippen molar-refractivity contribution in [3.8, 4) is 0 Å². The molecule has 0 bridgehead atoms. The molecule has 0 aromatic carbocycles. The number of hydrogen-bond acceptors (Lipinski definition) is 3. The summed E-state index contributed by atoms with van der Waals surface area (Å²) in [6.45, 7) is 0. The molecule has 0 aliphatic heterocycles. The third kappa shape index (κ3) is 5.89. The summed E-state index contributed by atoms with van der Waals surface area (Å²) in [5.74, 6) is 0.850. The Balaban J connectivity index is 1.47. The number of carbonyl (C=O) groups is 2. The second kappa shape index (κ2) is 9.40. The van der Waals surface area contributed by atoms with Crippen LogP contribution in [0.4, 0.5) is 21.2 Å². The van der Waals surface area contributed by atoms with E-state index in [4.69, 9.17) is 0 Å². The Morgan fingerprint density at radius 2 is 1.15 bits per heavy atom. The van der Waals surface area contributed by atoms with Gasteiger partial charge in [-0.1, -0.05) is 44.6 Å². The number of aromatic nitrogens is 1. The fourth-order valence-corrected chi connectivity index (χ4v) is 3.74. The molecule has 0 spiro atoms. The second-order valence-corrected chi connectivity index (χ2v) is 7.27. The molecule has 0 atom stereocenters. The van der Waals surface area contributed by atoms with E-state index in [-0.39, 0.29) is 24.1 Å². The number of rotatable bonds is 4. The summed E-state index contributed by atoms with van der Waals surface area (Å²) in [6, 6.07) is 5.19. The van der Waals surface area contributed by atoms with Gasteiger partial charge >= 0.3 is 12.1 Å². The molecule has 4 amide bonds. The van der Waals surface area contributed by atoms with E-state index >= 15 is 0 Å². The van der Waals surface area contributed by atoms with E-state index in [2.05, 4.69) is 26.3 Å². The number of anilines is 2. The fraction of sp³-hybridized carbons (Fsp3) is 0.632. The Morgan fingerprint density at radius 3 is 1.58 bits per heavy atom. The molecule has 26 heavy (non-hydrogen) atoms. The van der Waals surface area contributed by atoms with Crippen molar-refractivity contribution in [2.45, 2.75) is 76.3 Å². The summed E-state index contributed by atoms with van der Waals surface area (Å²) in [4.78, 5) is 28.5. The van der Waals surface area contributed by atoms with E-state index in [1.165, 1.54) is 38.5 Å². The third-order valence-corrected chi connectivity index (χ3v) is 5.11. The van der Waals surface area contributed by atoms with E-state index < -0.39 is 0 Å². The van der Waals surface area contributed by atoms with Gasteiger partial charge in [0.1, 0.15) is 11.6 Å². The topological polar surface area (TPSA) is 95.2 Å². The fourth-order valence-electron chi connectivity index (χ4n) is 3.74. The molecule has 7 nitrogen and oxygen atoms in total. The molecular formula is C19H29N5O2. The Kier molecular flexibility index (Phi) is 6.68. The molecule has 3 rings (SSSR count). The molecule has 7 heteroatoms. The zero-order valence-electron chi connectivity index (χ0n) is 15.2. The van der Waals surface area contributed by atoms with E-state index in [0.29, 0.717) is 11.6 Å². The van der Waals surface area contributed by atoms with Crippen molar-refractivity contribution in [2.24, 2.45) is 0 Å². The number of nitrogens with zero attached hydrogens (tertiary/aromatic N) is 1. The van der Waals surface area contributed by atoms with Crippen molar-refractivity contribution in [1.82, 2.24) is 15.6 Å². The first-order valence-corrected chi connectivity index (χ1v) is 9.81. The van der Waals surface area contributed by atoms with E-state index in [1.807, 2.05) is 0 Å². The Hall–Kier alpha value is -2.31. The summed E-state index contributed by atoms with van der Waals surface area (Å²) < 4.78 is 0. The summed E-state index contributed by atoms with van der Waals surface area (Å²) in [7, 11) is 0. The average molecular weight is 359 g/mol. The van der Waals surface area contributed by atoms with Crippen LogP contribution in [0.3, 0.4) is 0 Å². The van der Waals surface area contributed by atoms with Crippen LogP contribution in [0, 0.1) is 0 Å². The standard InChI is InChI=1S/C19H29N5O2/c25-18(20-14-8-3-1-4-9-14)23-16-12-7-13-17(22-16)24-19(26)21-15-10-5-2-6-11-15/h7,12-15H,1-6,8-11H2,(H4,20,21,22,23,24,25,26). The van der Waals surface area contributed by atoms with E-state index in [1.54, 1.807) is 18.2 Å². The van der Waals surface area contributed by atoms with Crippen LogP contribution < -0.4 is 21.3 Å².